The van der Waals surface area contributed by atoms with Crippen molar-refractivity contribution in [1.82, 2.24) is 5.32 Å². The summed E-state index contributed by atoms with van der Waals surface area (Å²) in [6, 6.07) is 8.26. The zero-order valence-corrected chi connectivity index (χ0v) is 8.29. The molecule has 0 radical (unpaired) electrons. The molecule has 3 N–H and O–H groups in total. The van der Waals surface area contributed by atoms with E-state index in [0.29, 0.717) is 5.56 Å². The van der Waals surface area contributed by atoms with Crippen molar-refractivity contribution < 1.29 is 24.5 Å². The Kier molecular flexibility index (Phi) is 4.28. The zero-order valence-electron chi connectivity index (χ0n) is 8.29. The van der Waals surface area contributed by atoms with Crippen LogP contribution in [0.25, 0.3) is 0 Å². The van der Waals surface area contributed by atoms with Gasteiger partial charge in [-0.1, -0.05) is 30.3 Å². The summed E-state index contributed by atoms with van der Waals surface area (Å²) in [5.41, 5.74) is 0.410. The number of alkyl carbamates (subject to hydrolysis) is 1. The first-order valence-corrected chi connectivity index (χ1v) is 4.49. The highest BCUT2D eigenvalue weighted by Gasteiger charge is 2.13. The number of nitrogens with one attached hydrogen (secondary N) is 1. The lowest BCUT2D eigenvalue weighted by Crippen LogP contribution is -2.30. The lowest BCUT2D eigenvalue weighted by Gasteiger charge is -2.12. The van der Waals surface area contributed by atoms with E-state index in [9.17, 15) is 14.7 Å². The molecule has 86 valence electrons. The van der Waals surface area contributed by atoms with Gasteiger partial charge in [-0.2, -0.15) is 0 Å². The summed E-state index contributed by atoms with van der Waals surface area (Å²) in [4.78, 5) is 21.1. The van der Waals surface area contributed by atoms with Crippen molar-refractivity contribution in [1.29, 1.82) is 0 Å². The van der Waals surface area contributed by atoms with Gasteiger partial charge in [-0.15, -0.1) is 0 Å². The molecule has 0 aromatic heterocycles. The third kappa shape index (κ3) is 3.97. The van der Waals surface area contributed by atoms with Gasteiger partial charge < -0.3 is 20.3 Å². The number of hydrogen-bond donors (Lipinski definition) is 3. The second kappa shape index (κ2) is 5.72. The molecule has 0 aliphatic carbocycles. The largest absolute Gasteiger partial charge is 0.480 e. The van der Waals surface area contributed by atoms with Crippen molar-refractivity contribution in [3.63, 3.8) is 0 Å². The Morgan fingerprint density at radius 1 is 1.31 bits per heavy atom. The lowest BCUT2D eigenvalue weighted by molar-refractivity contribution is -0.136. The highest BCUT2D eigenvalue weighted by Crippen LogP contribution is 2.12. The summed E-state index contributed by atoms with van der Waals surface area (Å²) >= 11 is 0. The molecule has 0 saturated heterocycles. The molecule has 0 fully saturated rings. The van der Waals surface area contributed by atoms with E-state index in [0.717, 1.165) is 0 Å². The van der Waals surface area contributed by atoms with E-state index in [-0.39, 0.29) is 0 Å². The van der Waals surface area contributed by atoms with Gasteiger partial charge in [0.2, 0.25) is 6.29 Å². The fourth-order valence-corrected chi connectivity index (χ4v) is 0.977. The van der Waals surface area contributed by atoms with E-state index in [2.05, 4.69) is 4.74 Å². The third-order valence-corrected chi connectivity index (χ3v) is 1.69. The van der Waals surface area contributed by atoms with Gasteiger partial charge in [0.25, 0.3) is 0 Å². The summed E-state index contributed by atoms with van der Waals surface area (Å²) in [5.74, 6) is -1.19. The van der Waals surface area contributed by atoms with Crippen LogP contribution in [0.1, 0.15) is 11.9 Å². The van der Waals surface area contributed by atoms with Crippen LogP contribution in [-0.2, 0) is 9.53 Å². The number of carboxylic acids is 1. The first-order valence-electron chi connectivity index (χ1n) is 4.49. The van der Waals surface area contributed by atoms with E-state index in [1.807, 2.05) is 5.32 Å². The van der Waals surface area contributed by atoms with Crippen LogP contribution in [0.5, 0.6) is 0 Å². The van der Waals surface area contributed by atoms with Gasteiger partial charge in [-0.25, -0.2) is 4.79 Å². The quantitative estimate of drug-likeness (QED) is 0.648. The maximum Gasteiger partial charge on any atom is 0.410 e. The summed E-state index contributed by atoms with van der Waals surface area (Å²) in [7, 11) is 0. The molecular formula is C10H11NO5. The van der Waals surface area contributed by atoms with Crippen LogP contribution in [0.15, 0.2) is 30.3 Å². The predicted molar refractivity (Wildman–Crippen MR) is 53.5 cm³/mol. The monoisotopic (exact) mass is 225 g/mol. The van der Waals surface area contributed by atoms with Crippen molar-refractivity contribution >= 4 is 12.1 Å². The number of aliphatic hydroxyl groups is 1. The van der Waals surface area contributed by atoms with Crippen LogP contribution in [0.3, 0.4) is 0 Å². The summed E-state index contributed by atoms with van der Waals surface area (Å²) < 4.78 is 4.53. The smallest absolute Gasteiger partial charge is 0.410 e. The first-order chi connectivity index (χ1) is 7.59. The molecule has 0 aliphatic rings. The van der Waals surface area contributed by atoms with Crippen molar-refractivity contribution in [2.24, 2.45) is 0 Å². The molecule has 6 nitrogen and oxygen atoms in total. The number of aliphatic carboxylic acids is 1. The fraction of sp³-hybridized carbons (Fsp3) is 0.200. The van der Waals surface area contributed by atoms with Crippen molar-refractivity contribution in [3.05, 3.63) is 35.9 Å². The van der Waals surface area contributed by atoms with Gasteiger partial charge in [0, 0.05) is 5.56 Å². The van der Waals surface area contributed by atoms with Crippen LogP contribution in [0.4, 0.5) is 4.79 Å². The van der Waals surface area contributed by atoms with Gasteiger partial charge in [0.15, 0.2) is 0 Å². The molecule has 6 heteroatoms. The lowest BCUT2D eigenvalue weighted by atomic mass is 10.2. The summed E-state index contributed by atoms with van der Waals surface area (Å²) in [6.45, 7) is -0.555. The number of hydrogen-bond acceptors (Lipinski definition) is 4. The van der Waals surface area contributed by atoms with Gasteiger partial charge >= 0.3 is 12.1 Å². The maximum absolute atomic E-state index is 11.0. The molecule has 0 aliphatic heterocycles. The number of benzene rings is 1. The number of amides is 1. The Morgan fingerprint density at radius 2 is 1.94 bits per heavy atom. The molecule has 16 heavy (non-hydrogen) atoms. The van der Waals surface area contributed by atoms with Gasteiger partial charge in [0.1, 0.15) is 6.54 Å². The molecule has 0 bridgehead atoms. The Bertz CT molecular complexity index is 365. The fourth-order valence-electron chi connectivity index (χ4n) is 0.977. The first kappa shape index (κ1) is 12.0. The zero-order chi connectivity index (χ0) is 12.0. The Morgan fingerprint density at radius 3 is 2.50 bits per heavy atom. The molecule has 1 atom stereocenters. The minimum Gasteiger partial charge on any atom is -0.480 e. The van der Waals surface area contributed by atoms with E-state index in [1.165, 1.54) is 0 Å². The number of carbonyl (C=O) groups is 2. The number of carboxylic acid groups (broad SMARTS) is 1. The van der Waals surface area contributed by atoms with E-state index in [1.54, 1.807) is 30.3 Å². The van der Waals surface area contributed by atoms with Gasteiger partial charge in [0.05, 0.1) is 0 Å². The standard InChI is InChI=1S/C10H11NO5/c12-8(13)6-11-10(15)16-9(14)7-4-2-1-3-5-7/h1-5,9,14H,6H2,(H,11,15)(H,12,13). The molecule has 1 amide bonds. The Hall–Kier alpha value is -2.08. The van der Waals surface area contributed by atoms with Crippen molar-refractivity contribution in [2.75, 3.05) is 6.54 Å². The van der Waals surface area contributed by atoms with Gasteiger partial charge in [-0.3, -0.25) is 4.79 Å². The highest BCUT2D eigenvalue weighted by molar-refractivity contribution is 5.76. The second-order valence-electron chi connectivity index (χ2n) is 2.92. The molecule has 1 aromatic rings. The average molecular weight is 225 g/mol. The molecule has 0 heterocycles. The Balaban J connectivity index is 2.43. The maximum atomic E-state index is 11.0. The van der Waals surface area contributed by atoms with E-state index >= 15 is 0 Å². The number of rotatable bonds is 4. The average Bonchev–Trinajstić information content (AvgIpc) is 2.27. The van der Waals surface area contributed by atoms with Gasteiger partial charge in [-0.05, 0) is 0 Å². The number of aliphatic hydroxyl groups excluding tert-OH is 1. The summed E-state index contributed by atoms with van der Waals surface area (Å²) in [5, 5.41) is 19.7. The molecule has 0 spiro atoms. The molecule has 1 unspecified atom stereocenters. The predicted octanol–water partition coefficient (Wildman–Crippen LogP) is 0.488. The van der Waals surface area contributed by atoms with Crippen LogP contribution in [0.2, 0.25) is 0 Å². The Labute approximate surface area is 91.5 Å². The van der Waals surface area contributed by atoms with Crippen LogP contribution in [0, 0.1) is 0 Å². The van der Waals surface area contributed by atoms with Crippen molar-refractivity contribution in [3.8, 4) is 0 Å². The summed E-state index contributed by atoms with van der Waals surface area (Å²) in [6.07, 6.45) is -2.39. The van der Waals surface area contributed by atoms with Crippen LogP contribution in [-0.4, -0.2) is 28.8 Å². The normalized spacial score (nSPS) is 11.6. The minimum absolute atomic E-state index is 0.410. The molecule has 1 aromatic carbocycles. The molecular weight excluding hydrogens is 214 g/mol. The van der Waals surface area contributed by atoms with Crippen LogP contribution >= 0.6 is 0 Å². The molecule has 1 rings (SSSR count). The minimum atomic E-state index is -1.41. The topological polar surface area (TPSA) is 95.9 Å². The van der Waals surface area contributed by atoms with Crippen molar-refractivity contribution in [2.45, 2.75) is 6.29 Å². The highest BCUT2D eigenvalue weighted by atomic mass is 16.6. The molecule has 0 saturated carbocycles. The third-order valence-electron chi connectivity index (χ3n) is 1.69. The SMILES string of the molecule is O=C(O)CNC(=O)OC(O)c1ccccc1. The number of ether oxygens (including phenoxy) is 1. The van der Waals surface area contributed by atoms with Crippen LogP contribution < -0.4 is 5.32 Å². The second-order valence-corrected chi connectivity index (χ2v) is 2.92. The van der Waals surface area contributed by atoms with E-state index < -0.39 is 24.9 Å². The number of carbonyl (C=O) groups excluding carboxylic acids is 1. The van der Waals surface area contributed by atoms with E-state index in [4.69, 9.17) is 5.11 Å².